The molecule has 2 aromatic carbocycles. The maximum absolute atomic E-state index is 13.3. The number of rotatable bonds is 6. The van der Waals surface area contributed by atoms with Gasteiger partial charge >= 0.3 is 0 Å². The topological polar surface area (TPSA) is 56.5 Å². The molecule has 0 aromatic heterocycles. The Kier molecular flexibility index (Phi) is 5.14. The highest BCUT2D eigenvalue weighted by molar-refractivity contribution is 5.43. The number of halogens is 1. The molecule has 0 saturated heterocycles. The van der Waals surface area contributed by atoms with Crippen molar-refractivity contribution in [2.24, 2.45) is 5.84 Å². The molecular weight excluding hydrogens is 271 g/mol. The van der Waals surface area contributed by atoms with E-state index >= 15 is 0 Å². The third-order valence-electron chi connectivity index (χ3n) is 3.34. The molecule has 0 aliphatic rings. The zero-order valence-corrected chi connectivity index (χ0v) is 12.1. The Labute approximate surface area is 123 Å². The lowest BCUT2D eigenvalue weighted by Gasteiger charge is -2.20. The largest absolute Gasteiger partial charge is 0.497 e. The molecule has 2 rings (SSSR count). The minimum atomic E-state index is -0.263. The lowest BCUT2D eigenvalue weighted by molar-refractivity contribution is 0.389. The van der Waals surface area contributed by atoms with Gasteiger partial charge in [-0.25, -0.2) is 4.39 Å². The molecule has 3 N–H and O–H groups in total. The molecule has 0 fully saturated rings. The summed E-state index contributed by atoms with van der Waals surface area (Å²) in [5.74, 6) is 6.82. The fourth-order valence-electron chi connectivity index (χ4n) is 2.27. The summed E-state index contributed by atoms with van der Waals surface area (Å²) in [6.45, 7) is 0. The molecule has 0 saturated carbocycles. The summed E-state index contributed by atoms with van der Waals surface area (Å²) in [6.07, 6.45) is 0.539. The SMILES string of the molecule is COc1ccc(OC)c(C(Cc2cccc(F)c2)NN)c1. The second kappa shape index (κ2) is 7.06. The fourth-order valence-corrected chi connectivity index (χ4v) is 2.27. The van der Waals surface area contributed by atoms with Gasteiger partial charge < -0.3 is 9.47 Å². The van der Waals surface area contributed by atoms with Crippen LogP contribution >= 0.6 is 0 Å². The number of benzene rings is 2. The summed E-state index contributed by atoms with van der Waals surface area (Å²) in [6, 6.07) is 11.8. The monoisotopic (exact) mass is 290 g/mol. The molecule has 1 atom stereocenters. The molecule has 0 amide bonds. The van der Waals surface area contributed by atoms with Crippen LogP contribution in [-0.2, 0) is 6.42 Å². The van der Waals surface area contributed by atoms with E-state index < -0.39 is 0 Å². The van der Waals surface area contributed by atoms with E-state index in [1.54, 1.807) is 20.3 Å². The van der Waals surface area contributed by atoms with E-state index in [1.165, 1.54) is 12.1 Å². The molecule has 0 aliphatic heterocycles. The Morgan fingerprint density at radius 1 is 1.14 bits per heavy atom. The van der Waals surface area contributed by atoms with Crippen LogP contribution in [0.5, 0.6) is 11.5 Å². The molecule has 21 heavy (non-hydrogen) atoms. The Morgan fingerprint density at radius 3 is 2.57 bits per heavy atom. The molecule has 0 heterocycles. The van der Waals surface area contributed by atoms with Crippen LogP contribution in [0.25, 0.3) is 0 Å². The third-order valence-corrected chi connectivity index (χ3v) is 3.34. The molecule has 0 spiro atoms. The maximum atomic E-state index is 13.3. The number of nitrogens with one attached hydrogen (secondary N) is 1. The molecule has 2 aromatic rings. The molecule has 0 bridgehead atoms. The predicted octanol–water partition coefficient (Wildman–Crippen LogP) is 2.59. The van der Waals surface area contributed by atoms with E-state index in [0.29, 0.717) is 17.9 Å². The Bertz CT molecular complexity index is 605. The van der Waals surface area contributed by atoms with E-state index in [9.17, 15) is 4.39 Å². The minimum absolute atomic E-state index is 0.211. The molecule has 4 nitrogen and oxygen atoms in total. The first-order valence-corrected chi connectivity index (χ1v) is 6.60. The lowest BCUT2D eigenvalue weighted by atomic mass is 9.98. The zero-order valence-electron chi connectivity index (χ0n) is 12.1. The summed E-state index contributed by atoms with van der Waals surface area (Å²) in [4.78, 5) is 0. The number of hydrazine groups is 1. The highest BCUT2D eigenvalue weighted by Crippen LogP contribution is 2.31. The van der Waals surface area contributed by atoms with Crippen molar-refractivity contribution >= 4 is 0 Å². The van der Waals surface area contributed by atoms with Crippen molar-refractivity contribution in [2.75, 3.05) is 14.2 Å². The van der Waals surface area contributed by atoms with Crippen molar-refractivity contribution < 1.29 is 13.9 Å². The van der Waals surface area contributed by atoms with Crippen molar-refractivity contribution in [3.8, 4) is 11.5 Å². The van der Waals surface area contributed by atoms with Crippen molar-refractivity contribution in [2.45, 2.75) is 12.5 Å². The van der Waals surface area contributed by atoms with Gasteiger partial charge in [-0.05, 0) is 42.3 Å². The van der Waals surface area contributed by atoms with E-state index in [-0.39, 0.29) is 11.9 Å². The van der Waals surface area contributed by atoms with Crippen LogP contribution in [0.4, 0.5) is 4.39 Å². The van der Waals surface area contributed by atoms with Gasteiger partial charge in [0.25, 0.3) is 0 Å². The van der Waals surface area contributed by atoms with E-state index in [0.717, 1.165) is 11.1 Å². The van der Waals surface area contributed by atoms with Gasteiger partial charge in [0.1, 0.15) is 17.3 Å². The molecular formula is C16H19FN2O2. The Hall–Kier alpha value is -2.11. The van der Waals surface area contributed by atoms with Gasteiger partial charge in [-0.3, -0.25) is 11.3 Å². The molecule has 0 aliphatic carbocycles. The van der Waals surface area contributed by atoms with Gasteiger partial charge in [0.05, 0.1) is 20.3 Å². The van der Waals surface area contributed by atoms with Crippen molar-refractivity contribution in [1.82, 2.24) is 5.43 Å². The average Bonchev–Trinajstić information content (AvgIpc) is 2.52. The molecule has 1 unspecified atom stereocenters. The Morgan fingerprint density at radius 2 is 1.95 bits per heavy atom. The van der Waals surface area contributed by atoms with Gasteiger partial charge in [-0.1, -0.05) is 12.1 Å². The normalized spacial score (nSPS) is 12.0. The predicted molar refractivity (Wildman–Crippen MR) is 79.7 cm³/mol. The third kappa shape index (κ3) is 3.71. The van der Waals surface area contributed by atoms with E-state index in [4.69, 9.17) is 15.3 Å². The molecule has 0 radical (unpaired) electrons. The second-order valence-corrected chi connectivity index (χ2v) is 4.66. The average molecular weight is 290 g/mol. The summed E-state index contributed by atoms with van der Waals surface area (Å²) in [5, 5.41) is 0. The maximum Gasteiger partial charge on any atom is 0.123 e. The van der Waals surface area contributed by atoms with Crippen molar-refractivity contribution in [1.29, 1.82) is 0 Å². The quantitative estimate of drug-likeness (QED) is 0.634. The van der Waals surface area contributed by atoms with Gasteiger partial charge in [0, 0.05) is 5.56 Å². The highest BCUT2D eigenvalue weighted by Gasteiger charge is 2.17. The number of hydrogen-bond acceptors (Lipinski definition) is 4. The fraction of sp³-hybridized carbons (Fsp3) is 0.250. The number of methoxy groups -OCH3 is 2. The van der Waals surface area contributed by atoms with Crippen LogP contribution in [0, 0.1) is 5.82 Å². The summed E-state index contributed by atoms with van der Waals surface area (Å²) in [5.41, 5.74) is 4.47. The first-order valence-electron chi connectivity index (χ1n) is 6.60. The summed E-state index contributed by atoms with van der Waals surface area (Å²) < 4.78 is 23.9. The first-order chi connectivity index (χ1) is 10.2. The van der Waals surface area contributed by atoms with Gasteiger partial charge in [0.15, 0.2) is 0 Å². The van der Waals surface area contributed by atoms with E-state index in [1.807, 2.05) is 24.3 Å². The Balaban J connectivity index is 2.32. The van der Waals surface area contributed by atoms with Crippen LogP contribution in [0.1, 0.15) is 17.2 Å². The van der Waals surface area contributed by atoms with Gasteiger partial charge in [-0.2, -0.15) is 0 Å². The van der Waals surface area contributed by atoms with Crippen LogP contribution in [0.2, 0.25) is 0 Å². The standard InChI is InChI=1S/C16H19FN2O2/c1-20-13-6-7-16(21-2)14(10-13)15(19-18)9-11-4-3-5-12(17)8-11/h3-8,10,15,19H,9,18H2,1-2H3. The smallest absolute Gasteiger partial charge is 0.123 e. The first kappa shape index (κ1) is 15.3. The molecule has 112 valence electrons. The van der Waals surface area contributed by atoms with Crippen LogP contribution in [0.15, 0.2) is 42.5 Å². The minimum Gasteiger partial charge on any atom is -0.497 e. The highest BCUT2D eigenvalue weighted by atomic mass is 19.1. The summed E-state index contributed by atoms with van der Waals surface area (Å²) in [7, 11) is 3.20. The number of ether oxygens (including phenoxy) is 2. The summed E-state index contributed by atoms with van der Waals surface area (Å²) >= 11 is 0. The van der Waals surface area contributed by atoms with Crippen LogP contribution in [0.3, 0.4) is 0 Å². The lowest BCUT2D eigenvalue weighted by Crippen LogP contribution is -2.30. The number of nitrogens with two attached hydrogens (primary N) is 1. The van der Waals surface area contributed by atoms with Crippen molar-refractivity contribution in [3.63, 3.8) is 0 Å². The van der Waals surface area contributed by atoms with Gasteiger partial charge in [0.2, 0.25) is 0 Å². The zero-order chi connectivity index (χ0) is 15.2. The number of hydrogen-bond donors (Lipinski definition) is 2. The van der Waals surface area contributed by atoms with E-state index in [2.05, 4.69) is 5.43 Å². The molecule has 5 heteroatoms. The van der Waals surface area contributed by atoms with Crippen molar-refractivity contribution in [3.05, 3.63) is 59.4 Å². The van der Waals surface area contributed by atoms with Crippen LogP contribution in [-0.4, -0.2) is 14.2 Å². The van der Waals surface area contributed by atoms with Crippen LogP contribution < -0.4 is 20.7 Å². The van der Waals surface area contributed by atoms with Gasteiger partial charge in [-0.15, -0.1) is 0 Å². The second-order valence-electron chi connectivity index (χ2n) is 4.66.